The summed E-state index contributed by atoms with van der Waals surface area (Å²) in [5, 5.41) is 4.70. The van der Waals surface area contributed by atoms with E-state index in [9.17, 15) is 9.59 Å². The number of amides is 2. The summed E-state index contributed by atoms with van der Waals surface area (Å²) in [4.78, 5) is 26.4. The number of benzene rings is 3. The molecule has 1 atom stereocenters. The van der Waals surface area contributed by atoms with E-state index < -0.39 is 5.92 Å². The molecule has 1 saturated heterocycles. The standard InChI is InChI=1S/C25H21BrClN3O3/c26-20-7-9-21(10-8-20)30-15-19(13-24(30)31)25(32)29-28-14-17-5-11-22(12-6-17)33-16-18-3-1-2-4-23(18)27/h1-12,14,19H,13,15-16H2,(H,29,32). The zero-order chi connectivity index (χ0) is 23.2. The van der Waals surface area contributed by atoms with Gasteiger partial charge in [-0.2, -0.15) is 5.10 Å². The average Bonchev–Trinajstić information content (AvgIpc) is 3.21. The van der Waals surface area contributed by atoms with Crippen LogP contribution in [0.1, 0.15) is 17.5 Å². The molecule has 8 heteroatoms. The highest BCUT2D eigenvalue weighted by Crippen LogP contribution is 2.26. The fourth-order valence-electron chi connectivity index (χ4n) is 3.44. The molecule has 4 rings (SSSR count). The Morgan fingerprint density at radius 2 is 1.85 bits per heavy atom. The Kier molecular flexibility index (Phi) is 7.42. The number of hydrazone groups is 1. The second-order valence-electron chi connectivity index (χ2n) is 7.57. The van der Waals surface area contributed by atoms with E-state index in [1.165, 1.54) is 0 Å². The maximum Gasteiger partial charge on any atom is 0.245 e. The van der Waals surface area contributed by atoms with Gasteiger partial charge >= 0.3 is 0 Å². The fourth-order valence-corrected chi connectivity index (χ4v) is 3.90. The van der Waals surface area contributed by atoms with E-state index in [0.29, 0.717) is 23.9 Å². The van der Waals surface area contributed by atoms with Crippen LogP contribution < -0.4 is 15.1 Å². The van der Waals surface area contributed by atoms with Gasteiger partial charge in [0.25, 0.3) is 0 Å². The average molecular weight is 527 g/mol. The van der Waals surface area contributed by atoms with Gasteiger partial charge in [0.15, 0.2) is 0 Å². The third-order valence-corrected chi connectivity index (χ3v) is 6.15. The molecule has 3 aromatic rings. The van der Waals surface area contributed by atoms with Crippen molar-refractivity contribution in [3.8, 4) is 5.75 Å². The Bertz CT molecular complexity index is 1170. The molecule has 1 heterocycles. The highest BCUT2D eigenvalue weighted by molar-refractivity contribution is 9.10. The van der Waals surface area contributed by atoms with Crippen LogP contribution in [0.5, 0.6) is 5.75 Å². The normalized spacial score (nSPS) is 15.8. The summed E-state index contributed by atoms with van der Waals surface area (Å²) in [5.41, 5.74) is 5.04. The molecule has 0 aliphatic carbocycles. The van der Waals surface area contributed by atoms with E-state index in [-0.39, 0.29) is 18.2 Å². The first kappa shape index (κ1) is 23.0. The van der Waals surface area contributed by atoms with Crippen molar-refractivity contribution in [2.45, 2.75) is 13.0 Å². The molecule has 33 heavy (non-hydrogen) atoms. The molecule has 0 aromatic heterocycles. The lowest BCUT2D eigenvalue weighted by atomic mass is 10.1. The van der Waals surface area contributed by atoms with E-state index >= 15 is 0 Å². The maximum absolute atomic E-state index is 12.5. The van der Waals surface area contributed by atoms with Crippen LogP contribution in [-0.2, 0) is 16.2 Å². The van der Waals surface area contributed by atoms with Crippen molar-refractivity contribution in [2.24, 2.45) is 11.0 Å². The monoisotopic (exact) mass is 525 g/mol. The highest BCUT2D eigenvalue weighted by atomic mass is 79.9. The SMILES string of the molecule is O=C(NN=Cc1ccc(OCc2ccccc2Cl)cc1)C1CC(=O)N(c2ccc(Br)cc2)C1. The third kappa shape index (κ3) is 6.00. The number of hydrogen-bond donors (Lipinski definition) is 1. The van der Waals surface area contributed by atoms with Crippen LogP contribution in [0.15, 0.2) is 82.4 Å². The summed E-state index contributed by atoms with van der Waals surface area (Å²) in [5.74, 6) is -0.0970. The smallest absolute Gasteiger partial charge is 0.245 e. The van der Waals surface area contributed by atoms with Gasteiger partial charge in [-0.05, 0) is 60.2 Å². The Hall–Kier alpha value is -3.16. The third-order valence-electron chi connectivity index (χ3n) is 5.25. The summed E-state index contributed by atoms with van der Waals surface area (Å²) < 4.78 is 6.70. The first-order chi connectivity index (χ1) is 16.0. The molecule has 1 fully saturated rings. The van der Waals surface area contributed by atoms with Crippen LogP contribution in [0, 0.1) is 5.92 Å². The van der Waals surface area contributed by atoms with E-state index in [2.05, 4.69) is 26.5 Å². The zero-order valence-electron chi connectivity index (χ0n) is 17.6. The minimum atomic E-state index is -0.445. The minimum Gasteiger partial charge on any atom is -0.489 e. The summed E-state index contributed by atoms with van der Waals surface area (Å²) >= 11 is 9.52. The van der Waals surface area contributed by atoms with Crippen LogP contribution >= 0.6 is 27.5 Å². The summed E-state index contributed by atoms with van der Waals surface area (Å²) in [7, 11) is 0. The summed E-state index contributed by atoms with van der Waals surface area (Å²) in [6.07, 6.45) is 1.72. The van der Waals surface area contributed by atoms with Crippen molar-refractivity contribution in [3.05, 3.63) is 93.4 Å². The van der Waals surface area contributed by atoms with E-state index in [1.54, 1.807) is 11.1 Å². The molecule has 1 unspecified atom stereocenters. The van der Waals surface area contributed by atoms with Crippen molar-refractivity contribution >= 4 is 51.2 Å². The molecule has 1 aliphatic heterocycles. The number of hydrogen-bond acceptors (Lipinski definition) is 4. The van der Waals surface area contributed by atoms with E-state index in [4.69, 9.17) is 16.3 Å². The van der Waals surface area contributed by atoms with Crippen molar-refractivity contribution < 1.29 is 14.3 Å². The molecule has 0 radical (unpaired) electrons. The first-order valence-electron chi connectivity index (χ1n) is 10.3. The van der Waals surface area contributed by atoms with Gasteiger partial charge in [0.2, 0.25) is 11.8 Å². The molecule has 3 aromatic carbocycles. The fraction of sp³-hybridized carbons (Fsp3) is 0.160. The number of nitrogens with one attached hydrogen (secondary N) is 1. The second kappa shape index (κ2) is 10.6. The predicted octanol–water partition coefficient (Wildman–Crippen LogP) is 5.18. The molecule has 1 N–H and O–H groups in total. The number of carbonyl (C=O) groups is 2. The summed E-state index contributed by atoms with van der Waals surface area (Å²) in [6, 6.07) is 22.3. The van der Waals surface area contributed by atoms with Crippen molar-refractivity contribution in [3.63, 3.8) is 0 Å². The number of rotatable bonds is 7. The van der Waals surface area contributed by atoms with Crippen molar-refractivity contribution in [1.82, 2.24) is 5.43 Å². The Labute approximate surface area is 205 Å². The van der Waals surface area contributed by atoms with Gasteiger partial charge in [-0.15, -0.1) is 0 Å². The molecular weight excluding hydrogens is 506 g/mol. The number of anilines is 1. The van der Waals surface area contributed by atoms with Crippen LogP contribution in [0.25, 0.3) is 0 Å². The minimum absolute atomic E-state index is 0.0752. The Balaban J connectivity index is 1.27. The zero-order valence-corrected chi connectivity index (χ0v) is 19.9. The first-order valence-corrected chi connectivity index (χ1v) is 11.5. The van der Waals surface area contributed by atoms with Gasteiger partial charge in [-0.1, -0.05) is 45.7 Å². The molecule has 6 nitrogen and oxygen atoms in total. The molecule has 168 valence electrons. The topological polar surface area (TPSA) is 71.0 Å². The molecule has 2 amide bonds. The van der Waals surface area contributed by atoms with Gasteiger partial charge in [0, 0.05) is 33.7 Å². The lowest BCUT2D eigenvalue weighted by Gasteiger charge is -2.16. The molecule has 0 saturated carbocycles. The lowest BCUT2D eigenvalue weighted by molar-refractivity contribution is -0.126. The Morgan fingerprint density at radius 3 is 2.58 bits per heavy atom. The molecule has 0 spiro atoms. The number of halogens is 2. The number of nitrogens with zero attached hydrogens (tertiary/aromatic N) is 2. The number of ether oxygens (including phenoxy) is 1. The molecule has 1 aliphatic rings. The maximum atomic E-state index is 12.5. The summed E-state index contributed by atoms with van der Waals surface area (Å²) in [6.45, 7) is 0.708. The van der Waals surface area contributed by atoms with Gasteiger partial charge in [0.1, 0.15) is 12.4 Å². The molecular formula is C25H21BrClN3O3. The van der Waals surface area contributed by atoms with Gasteiger partial charge in [-0.25, -0.2) is 5.43 Å². The largest absolute Gasteiger partial charge is 0.489 e. The number of carbonyl (C=O) groups excluding carboxylic acids is 2. The van der Waals surface area contributed by atoms with Crippen LogP contribution in [-0.4, -0.2) is 24.6 Å². The second-order valence-corrected chi connectivity index (χ2v) is 8.89. The lowest BCUT2D eigenvalue weighted by Crippen LogP contribution is -2.30. The van der Waals surface area contributed by atoms with E-state index in [0.717, 1.165) is 21.3 Å². The molecule has 0 bridgehead atoms. The van der Waals surface area contributed by atoms with Gasteiger partial charge in [0.05, 0.1) is 12.1 Å². The Morgan fingerprint density at radius 1 is 1.12 bits per heavy atom. The van der Waals surface area contributed by atoms with Crippen molar-refractivity contribution in [1.29, 1.82) is 0 Å². The van der Waals surface area contributed by atoms with Crippen LogP contribution in [0.2, 0.25) is 5.02 Å². The highest BCUT2D eigenvalue weighted by Gasteiger charge is 2.35. The van der Waals surface area contributed by atoms with Gasteiger partial charge in [-0.3, -0.25) is 9.59 Å². The van der Waals surface area contributed by atoms with Crippen LogP contribution in [0.3, 0.4) is 0 Å². The van der Waals surface area contributed by atoms with Crippen LogP contribution in [0.4, 0.5) is 5.69 Å². The van der Waals surface area contributed by atoms with Crippen molar-refractivity contribution in [2.75, 3.05) is 11.4 Å². The predicted molar refractivity (Wildman–Crippen MR) is 133 cm³/mol. The quantitative estimate of drug-likeness (QED) is 0.340. The van der Waals surface area contributed by atoms with E-state index in [1.807, 2.05) is 72.8 Å². The van der Waals surface area contributed by atoms with Gasteiger partial charge < -0.3 is 9.64 Å².